The third-order valence-corrected chi connectivity index (χ3v) is 5.17. The Kier molecular flexibility index (Phi) is 5.87. The molecule has 3 nitrogen and oxygen atoms in total. The summed E-state index contributed by atoms with van der Waals surface area (Å²) in [6.45, 7) is 4.55. The average Bonchev–Trinajstić information content (AvgIpc) is 3.00. The minimum atomic E-state index is -0.713. The predicted octanol–water partition coefficient (Wildman–Crippen LogP) is 4.73. The van der Waals surface area contributed by atoms with Crippen LogP contribution in [-0.2, 0) is 14.3 Å². The molecule has 0 spiro atoms. The summed E-state index contributed by atoms with van der Waals surface area (Å²) < 4.78 is 5.48. The Morgan fingerprint density at radius 3 is 2.15 bits per heavy atom. The van der Waals surface area contributed by atoms with E-state index in [0.29, 0.717) is 18.9 Å². The molecule has 26 heavy (non-hydrogen) atoms. The van der Waals surface area contributed by atoms with Gasteiger partial charge in [0.1, 0.15) is 11.7 Å². The molecular weight excluding hydrogens is 324 g/mol. The fourth-order valence-electron chi connectivity index (χ4n) is 3.79. The molecule has 0 saturated heterocycles. The van der Waals surface area contributed by atoms with Gasteiger partial charge in [0.25, 0.3) is 0 Å². The highest BCUT2D eigenvalue weighted by Gasteiger charge is 2.48. The van der Waals surface area contributed by atoms with Gasteiger partial charge in [-0.25, -0.2) is 0 Å². The molecule has 136 valence electrons. The highest BCUT2D eigenvalue weighted by Crippen LogP contribution is 2.48. The lowest BCUT2D eigenvalue weighted by Crippen LogP contribution is -2.27. The van der Waals surface area contributed by atoms with E-state index in [9.17, 15) is 9.59 Å². The van der Waals surface area contributed by atoms with Crippen LogP contribution in [0.25, 0.3) is 0 Å². The maximum absolute atomic E-state index is 12.8. The lowest BCUT2D eigenvalue weighted by Gasteiger charge is -2.24. The SMILES string of the molecule is CC(C)CCOC(=O)[C@H]1C(=O)C[C@@H](c2ccccc2)[C@@H]1c1ccccc1. The smallest absolute Gasteiger partial charge is 0.317 e. The van der Waals surface area contributed by atoms with Crippen LogP contribution in [0.1, 0.15) is 49.7 Å². The number of ketones is 1. The van der Waals surface area contributed by atoms with Crippen molar-refractivity contribution in [2.45, 2.75) is 38.5 Å². The Bertz CT molecular complexity index is 737. The number of Topliss-reactive ketones (excluding diaryl/α,β-unsaturated/α-hetero) is 1. The fraction of sp³-hybridized carbons (Fsp3) is 0.391. The number of carbonyl (C=O) groups is 2. The molecule has 3 atom stereocenters. The number of hydrogen-bond donors (Lipinski definition) is 0. The predicted molar refractivity (Wildman–Crippen MR) is 102 cm³/mol. The minimum absolute atomic E-state index is 0.00810. The molecule has 0 N–H and O–H groups in total. The maximum Gasteiger partial charge on any atom is 0.317 e. The lowest BCUT2D eigenvalue weighted by molar-refractivity contribution is -0.151. The van der Waals surface area contributed by atoms with Crippen molar-refractivity contribution in [2.24, 2.45) is 11.8 Å². The van der Waals surface area contributed by atoms with Crippen LogP contribution >= 0.6 is 0 Å². The monoisotopic (exact) mass is 350 g/mol. The van der Waals surface area contributed by atoms with E-state index < -0.39 is 5.92 Å². The zero-order valence-electron chi connectivity index (χ0n) is 15.4. The maximum atomic E-state index is 12.8. The van der Waals surface area contributed by atoms with Gasteiger partial charge in [-0.05, 0) is 29.4 Å². The third kappa shape index (κ3) is 4.04. The number of rotatable bonds is 6. The number of hydrogen-bond acceptors (Lipinski definition) is 3. The van der Waals surface area contributed by atoms with Gasteiger partial charge < -0.3 is 4.74 Å². The van der Waals surface area contributed by atoms with E-state index in [1.54, 1.807) is 0 Å². The summed E-state index contributed by atoms with van der Waals surface area (Å²) in [5.41, 5.74) is 2.13. The van der Waals surface area contributed by atoms with E-state index in [2.05, 4.69) is 13.8 Å². The van der Waals surface area contributed by atoms with E-state index >= 15 is 0 Å². The van der Waals surface area contributed by atoms with Crippen LogP contribution < -0.4 is 0 Å². The number of ether oxygens (including phenoxy) is 1. The molecule has 1 aliphatic rings. The van der Waals surface area contributed by atoms with Crippen molar-refractivity contribution in [1.29, 1.82) is 0 Å². The summed E-state index contributed by atoms with van der Waals surface area (Å²) in [7, 11) is 0. The summed E-state index contributed by atoms with van der Waals surface area (Å²) >= 11 is 0. The van der Waals surface area contributed by atoms with Crippen LogP contribution in [0.4, 0.5) is 0 Å². The molecule has 2 aromatic rings. The second-order valence-electron chi connectivity index (χ2n) is 7.45. The van der Waals surface area contributed by atoms with Gasteiger partial charge in [-0.15, -0.1) is 0 Å². The van der Waals surface area contributed by atoms with Gasteiger partial charge in [0.05, 0.1) is 6.61 Å². The van der Waals surface area contributed by atoms with Crippen molar-refractivity contribution in [1.82, 2.24) is 0 Å². The standard InChI is InChI=1S/C23H26O3/c1-16(2)13-14-26-23(25)22-20(24)15-19(17-9-5-3-6-10-17)21(22)18-11-7-4-8-12-18/h3-12,16,19,21-22H,13-15H2,1-2H3/t19-,21-,22-/m0/s1. The van der Waals surface area contributed by atoms with Gasteiger partial charge in [0.2, 0.25) is 0 Å². The van der Waals surface area contributed by atoms with Gasteiger partial charge in [-0.1, -0.05) is 74.5 Å². The Hall–Kier alpha value is -2.42. The van der Waals surface area contributed by atoms with Gasteiger partial charge in [-0.3, -0.25) is 9.59 Å². The summed E-state index contributed by atoms with van der Waals surface area (Å²) in [5, 5.41) is 0. The zero-order valence-corrected chi connectivity index (χ0v) is 15.4. The van der Waals surface area contributed by atoms with Crippen molar-refractivity contribution in [3.8, 4) is 0 Å². The van der Waals surface area contributed by atoms with E-state index in [4.69, 9.17) is 4.74 Å². The van der Waals surface area contributed by atoms with Crippen molar-refractivity contribution in [3.05, 3.63) is 71.8 Å². The van der Waals surface area contributed by atoms with E-state index in [0.717, 1.165) is 17.5 Å². The van der Waals surface area contributed by atoms with Crippen molar-refractivity contribution in [3.63, 3.8) is 0 Å². The highest BCUT2D eigenvalue weighted by molar-refractivity contribution is 6.02. The molecule has 0 radical (unpaired) electrons. The summed E-state index contributed by atoms with van der Waals surface area (Å²) in [6, 6.07) is 19.9. The second kappa shape index (κ2) is 8.31. The highest BCUT2D eigenvalue weighted by atomic mass is 16.5. The lowest BCUT2D eigenvalue weighted by atomic mass is 9.80. The fourth-order valence-corrected chi connectivity index (χ4v) is 3.79. The van der Waals surface area contributed by atoms with Gasteiger partial charge >= 0.3 is 5.97 Å². The molecule has 1 fully saturated rings. The first-order chi connectivity index (χ1) is 12.6. The van der Waals surface area contributed by atoms with Crippen LogP contribution in [0.15, 0.2) is 60.7 Å². The normalized spacial score (nSPS) is 22.6. The largest absolute Gasteiger partial charge is 0.465 e. The van der Waals surface area contributed by atoms with Crippen molar-refractivity contribution >= 4 is 11.8 Å². The van der Waals surface area contributed by atoms with Crippen LogP contribution in [0.3, 0.4) is 0 Å². The van der Waals surface area contributed by atoms with E-state index in [-0.39, 0.29) is 23.6 Å². The Balaban J connectivity index is 1.89. The number of benzene rings is 2. The van der Waals surface area contributed by atoms with Crippen molar-refractivity contribution in [2.75, 3.05) is 6.61 Å². The molecule has 1 saturated carbocycles. The summed E-state index contributed by atoms with van der Waals surface area (Å²) in [5.74, 6) is -0.796. The first kappa shape index (κ1) is 18.4. The Labute approximate surface area is 155 Å². The molecule has 0 amide bonds. The topological polar surface area (TPSA) is 43.4 Å². The van der Waals surface area contributed by atoms with E-state index in [1.165, 1.54) is 0 Å². The molecular formula is C23H26O3. The Morgan fingerprint density at radius 1 is 1.00 bits per heavy atom. The van der Waals surface area contributed by atoms with Gasteiger partial charge in [0.15, 0.2) is 0 Å². The van der Waals surface area contributed by atoms with E-state index in [1.807, 2.05) is 60.7 Å². The first-order valence-electron chi connectivity index (χ1n) is 9.37. The van der Waals surface area contributed by atoms with Crippen LogP contribution in [0, 0.1) is 11.8 Å². The molecule has 3 rings (SSSR count). The molecule has 0 heterocycles. The molecule has 0 unspecified atom stereocenters. The summed E-state index contributed by atoms with van der Waals surface area (Å²) in [6.07, 6.45) is 1.19. The average molecular weight is 350 g/mol. The molecule has 0 aromatic heterocycles. The quantitative estimate of drug-likeness (QED) is 0.559. The molecule has 3 heteroatoms. The summed E-state index contributed by atoms with van der Waals surface area (Å²) in [4.78, 5) is 25.5. The molecule has 2 aromatic carbocycles. The second-order valence-corrected chi connectivity index (χ2v) is 7.45. The van der Waals surface area contributed by atoms with Gasteiger partial charge in [0, 0.05) is 12.3 Å². The van der Waals surface area contributed by atoms with Crippen molar-refractivity contribution < 1.29 is 14.3 Å². The third-order valence-electron chi connectivity index (χ3n) is 5.17. The number of esters is 1. The van der Waals surface area contributed by atoms with Gasteiger partial charge in [-0.2, -0.15) is 0 Å². The minimum Gasteiger partial charge on any atom is -0.465 e. The zero-order chi connectivity index (χ0) is 18.5. The molecule has 0 aliphatic heterocycles. The number of carbonyl (C=O) groups excluding carboxylic acids is 2. The van der Waals surface area contributed by atoms with Crippen LogP contribution in [0.5, 0.6) is 0 Å². The molecule has 1 aliphatic carbocycles. The van der Waals surface area contributed by atoms with Crippen LogP contribution in [0.2, 0.25) is 0 Å². The first-order valence-corrected chi connectivity index (χ1v) is 9.37. The molecule has 0 bridgehead atoms. The van der Waals surface area contributed by atoms with Crippen LogP contribution in [-0.4, -0.2) is 18.4 Å². The Morgan fingerprint density at radius 2 is 1.58 bits per heavy atom.